The van der Waals surface area contributed by atoms with Gasteiger partial charge in [0.05, 0.1) is 25.2 Å². The van der Waals surface area contributed by atoms with Gasteiger partial charge in [0.25, 0.3) is 0 Å². The fraction of sp³-hybridized carbons (Fsp3) is 0.647. The van der Waals surface area contributed by atoms with Gasteiger partial charge in [0, 0.05) is 11.0 Å². The molecule has 1 saturated heterocycles. The highest BCUT2D eigenvalue weighted by Crippen LogP contribution is 2.54. The third kappa shape index (κ3) is 2.79. The van der Waals surface area contributed by atoms with Gasteiger partial charge in [-0.25, -0.2) is 0 Å². The predicted octanol–water partition coefficient (Wildman–Crippen LogP) is 5.27. The van der Waals surface area contributed by atoms with Crippen LogP contribution in [0.2, 0.25) is 0 Å². The van der Waals surface area contributed by atoms with E-state index in [0.29, 0.717) is 6.61 Å². The van der Waals surface area contributed by atoms with Crippen molar-refractivity contribution in [2.75, 3.05) is 6.61 Å². The Morgan fingerprint density at radius 3 is 2.47 bits per heavy atom. The standard InChI is InChI=1S/C17H26O2/c1-4-6-9-17(10-7-5-2)14(3)12-19-16(17)15-8-11-18-13-15/h8,11,13,16H,3-7,9-10,12H2,1-2H3. The molecule has 1 fully saturated rings. The largest absolute Gasteiger partial charge is 0.472 e. The van der Waals surface area contributed by atoms with Gasteiger partial charge in [0.1, 0.15) is 0 Å². The van der Waals surface area contributed by atoms with Crippen molar-refractivity contribution in [2.24, 2.45) is 5.41 Å². The molecule has 0 aliphatic carbocycles. The van der Waals surface area contributed by atoms with E-state index < -0.39 is 0 Å². The summed E-state index contributed by atoms with van der Waals surface area (Å²) in [6.07, 6.45) is 11.0. The smallest absolute Gasteiger partial charge is 0.0961 e. The van der Waals surface area contributed by atoms with Gasteiger partial charge in [-0.2, -0.15) is 0 Å². The zero-order valence-corrected chi connectivity index (χ0v) is 12.3. The number of ether oxygens (including phenoxy) is 1. The second-order valence-electron chi connectivity index (χ2n) is 5.71. The molecule has 2 rings (SSSR count). The lowest BCUT2D eigenvalue weighted by Crippen LogP contribution is -2.26. The van der Waals surface area contributed by atoms with Crippen molar-refractivity contribution in [1.29, 1.82) is 0 Å². The highest BCUT2D eigenvalue weighted by Gasteiger charge is 2.46. The molecule has 0 saturated carbocycles. The van der Waals surface area contributed by atoms with Crippen molar-refractivity contribution in [3.63, 3.8) is 0 Å². The molecule has 0 amide bonds. The second kappa shape index (κ2) is 6.42. The summed E-state index contributed by atoms with van der Waals surface area (Å²) in [6, 6.07) is 2.04. The topological polar surface area (TPSA) is 22.4 Å². The third-order valence-corrected chi connectivity index (χ3v) is 4.43. The Hall–Kier alpha value is -1.02. The van der Waals surface area contributed by atoms with Gasteiger partial charge in [-0.05, 0) is 24.5 Å². The predicted molar refractivity (Wildman–Crippen MR) is 78.0 cm³/mol. The number of rotatable bonds is 7. The zero-order chi connectivity index (χ0) is 13.7. The van der Waals surface area contributed by atoms with E-state index in [1.165, 1.54) is 49.7 Å². The van der Waals surface area contributed by atoms with Crippen molar-refractivity contribution in [3.05, 3.63) is 36.3 Å². The minimum atomic E-state index is 0.121. The maximum absolute atomic E-state index is 6.06. The number of unbranched alkanes of at least 4 members (excludes halogenated alkanes) is 2. The Morgan fingerprint density at radius 1 is 1.26 bits per heavy atom. The Morgan fingerprint density at radius 2 is 1.95 bits per heavy atom. The summed E-state index contributed by atoms with van der Waals surface area (Å²) in [5.74, 6) is 0. The van der Waals surface area contributed by atoms with Gasteiger partial charge in [0.15, 0.2) is 0 Å². The van der Waals surface area contributed by atoms with Crippen molar-refractivity contribution in [2.45, 2.75) is 58.5 Å². The van der Waals surface area contributed by atoms with Crippen LogP contribution >= 0.6 is 0 Å². The van der Waals surface area contributed by atoms with Crippen LogP contribution in [-0.4, -0.2) is 6.61 Å². The molecule has 0 spiro atoms. The molecule has 0 N–H and O–H groups in total. The molecule has 0 radical (unpaired) electrons. The molecule has 1 aromatic rings. The van der Waals surface area contributed by atoms with Gasteiger partial charge >= 0.3 is 0 Å². The minimum Gasteiger partial charge on any atom is -0.472 e. The SMILES string of the molecule is C=C1COC(c2ccoc2)C1(CCCC)CCCC. The van der Waals surface area contributed by atoms with E-state index in [1.54, 1.807) is 6.26 Å². The first-order valence-electron chi connectivity index (χ1n) is 7.56. The quantitative estimate of drug-likeness (QED) is 0.624. The molecule has 19 heavy (non-hydrogen) atoms. The van der Waals surface area contributed by atoms with E-state index >= 15 is 0 Å². The molecule has 1 unspecified atom stereocenters. The van der Waals surface area contributed by atoms with Crippen LogP contribution in [0.15, 0.2) is 35.2 Å². The highest BCUT2D eigenvalue weighted by atomic mass is 16.5. The molecule has 2 heterocycles. The molecule has 1 aliphatic rings. The number of hydrogen-bond acceptors (Lipinski definition) is 2. The summed E-state index contributed by atoms with van der Waals surface area (Å²) in [6.45, 7) is 9.51. The summed E-state index contributed by atoms with van der Waals surface area (Å²) in [7, 11) is 0. The van der Waals surface area contributed by atoms with Crippen LogP contribution < -0.4 is 0 Å². The van der Waals surface area contributed by atoms with Crippen LogP contribution in [0.4, 0.5) is 0 Å². The molecule has 1 aromatic heterocycles. The fourth-order valence-electron chi connectivity index (χ4n) is 3.24. The van der Waals surface area contributed by atoms with Crippen molar-refractivity contribution >= 4 is 0 Å². The van der Waals surface area contributed by atoms with E-state index in [4.69, 9.17) is 9.15 Å². The Labute approximate surface area is 116 Å². The third-order valence-electron chi connectivity index (χ3n) is 4.43. The maximum atomic E-state index is 6.06. The summed E-state index contributed by atoms with van der Waals surface area (Å²) in [5, 5.41) is 0. The monoisotopic (exact) mass is 262 g/mol. The summed E-state index contributed by atoms with van der Waals surface area (Å²) in [4.78, 5) is 0. The van der Waals surface area contributed by atoms with E-state index in [-0.39, 0.29) is 11.5 Å². The van der Waals surface area contributed by atoms with Gasteiger partial charge < -0.3 is 9.15 Å². The molecular formula is C17H26O2. The lowest BCUT2D eigenvalue weighted by atomic mass is 9.69. The van der Waals surface area contributed by atoms with E-state index in [1.807, 2.05) is 12.3 Å². The van der Waals surface area contributed by atoms with Crippen LogP contribution in [0.1, 0.15) is 64.0 Å². The first kappa shape index (κ1) is 14.4. The average molecular weight is 262 g/mol. The molecule has 1 aliphatic heterocycles. The van der Waals surface area contributed by atoms with Crippen LogP contribution in [0.5, 0.6) is 0 Å². The van der Waals surface area contributed by atoms with Gasteiger partial charge in [-0.1, -0.05) is 46.1 Å². The molecule has 2 heteroatoms. The molecule has 0 aromatic carbocycles. The lowest BCUT2D eigenvalue weighted by Gasteiger charge is -2.35. The second-order valence-corrected chi connectivity index (χ2v) is 5.71. The van der Waals surface area contributed by atoms with Gasteiger partial charge in [-0.15, -0.1) is 0 Å². The van der Waals surface area contributed by atoms with E-state index in [9.17, 15) is 0 Å². The van der Waals surface area contributed by atoms with Crippen LogP contribution in [0.25, 0.3) is 0 Å². The molecular weight excluding hydrogens is 236 g/mol. The average Bonchev–Trinajstić information content (AvgIpc) is 3.03. The van der Waals surface area contributed by atoms with Crippen molar-refractivity contribution in [3.8, 4) is 0 Å². The first-order valence-corrected chi connectivity index (χ1v) is 7.56. The summed E-state index contributed by atoms with van der Waals surface area (Å²) >= 11 is 0. The molecule has 106 valence electrons. The van der Waals surface area contributed by atoms with E-state index in [2.05, 4.69) is 20.4 Å². The molecule has 1 atom stereocenters. The Bertz CT molecular complexity index is 383. The van der Waals surface area contributed by atoms with Gasteiger partial charge in [-0.3, -0.25) is 0 Å². The normalized spacial score (nSPS) is 22.0. The first-order chi connectivity index (χ1) is 9.24. The van der Waals surface area contributed by atoms with E-state index in [0.717, 1.165) is 0 Å². The summed E-state index contributed by atoms with van der Waals surface area (Å²) in [5.41, 5.74) is 2.57. The van der Waals surface area contributed by atoms with Crippen LogP contribution in [0, 0.1) is 5.41 Å². The highest BCUT2D eigenvalue weighted by molar-refractivity contribution is 5.26. The molecule has 0 bridgehead atoms. The number of furan rings is 1. The Kier molecular flexibility index (Phi) is 4.87. The van der Waals surface area contributed by atoms with Crippen LogP contribution in [0.3, 0.4) is 0 Å². The Balaban J connectivity index is 2.26. The maximum Gasteiger partial charge on any atom is 0.0961 e. The minimum absolute atomic E-state index is 0.121. The van der Waals surface area contributed by atoms with Gasteiger partial charge in [0.2, 0.25) is 0 Å². The zero-order valence-electron chi connectivity index (χ0n) is 12.3. The summed E-state index contributed by atoms with van der Waals surface area (Å²) < 4.78 is 11.3. The van der Waals surface area contributed by atoms with Crippen molar-refractivity contribution < 1.29 is 9.15 Å². The lowest BCUT2D eigenvalue weighted by molar-refractivity contribution is 0.0378. The molecule has 2 nitrogen and oxygen atoms in total. The fourth-order valence-corrected chi connectivity index (χ4v) is 3.24. The van der Waals surface area contributed by atoms with Crippen molar-refractivity contribution in [1.82, 2.24) is 0 Å². The van der Waals surface area contributed by atoms with Crippen LogP contribution in [-0.2, 0) is 4.74 Å². The number of hydrogen-bond donors (Lipinski definition) is 0.